The van der Waals surface area contributed by atoms with E-state index in [0.717, 1.165) is 28.9 Å². The Bertz CT molecular complexity index is 516. The Morgan fingerprint density at radius 2 is 2.22 bits per heavy atom. The SMILES string of the molecule is CC[C@](C)(C(=O)O)C1=CCc2cc(OC)ccc21. The van der Waals surface area contributed by atoms with Gasteiger partial charge >= 0.3 is 5.97 Å². The summed E-state index contributed by atoms with van der Waals surface area (Å²) in [6, 6.07) is 5.83. The molecule has 0 aromatic heterocycles. The van der Waals surface area contributed by atoms with Crippen molar-refractivity contribution in [1.82, 2.24) is 0 Å². The molecule has 0 saturated carbocycles. The molecule has 3 heteroatoms. The molecule has 96 valence electrons. The zero-order chi connectivity index (χ0) is 13.3. The summed E-state index contributed by atoms with van der Waals surface area (Å²) in [7, 11) is 1.64. The summed E-state index contributed by atoms with van der Waals surface area (Å²) < 4.78 is 5.19. The second-order valence-electron chi connectivity index (χ2n) is 4.84. The van der Waals surface area contributed by atoms with Crippen LogP contribution in [0.4, 0.5) is 0 Å². The van der Waals surface area contributed by atoms with Crippen molar-refractivity contribution in [2.75, 3.05) is 7.11 Å². The highest BCUT2D eigenvalue weighted by Gasteiger charge is 2.38. The molecule has 3 nitrogen and oxygen atoms in total. The van der Waals surface area contributed by atoms with E-state index in [1.54, 1.807) is 14.0 Å². The number of ether oxygens (including phenoxy) is 1. The smallest absolute Gasteiger partial charge is 0.313 e. The van der Waals surface area contributed by atoms with Crippen molar-refractivity contribution in [3.63, 3.8) is 0 Å². The number of allylic oxidation sites excluding steroid dienone is 1. The van der Waals surface area contributed by atoms with Gasteiger partial charge in [0, 0.05) is 0 Å². The van der Waals surface area contributed by atoms with Crippen LogP contribution in [0.15, 0.2) is 24.3 Å². The Morgan fingerprint density at radius 1 is 1.50 bits per heavy atom. The molecule has 0 aliphatic heterocycles. The molecule has 1 aromatic carbocycles. The van der Waals surface area contributed by atoms with Crippen molar-refractivity contribution in [3.8, 4) is 5.75 Å². The molecule has 0 amide bonds. The van der Waals surface area contributed by atoms with Crippen LogP contribution in [-0.2, 0) is 11.2 Å². The third-order valence-corrected chi connectivity index (χ3v) is 3.90. The summed E-state index contributed by atoms with van der Waals surface area (Å²) in [5, 5.41) is 9.45. The second-order valence-corrected chi connectivity index (χ2v) is 4.84. The van der Waals surface area contributed by atoms with Gasteiger partial charge in [0.1, 0.15) is 5.75 Å². The molecule has 0 heterocycles. The van der Waals surface area contributed by atoms with Gasteiger partial charge < -0.3 is 9.84 Å². The van der Waals surface area contributed by atoms with Crippen LogP contribution >= 0.6 is 0 Å². The number of hydrogen-bond acceptors (Lipinski definition) is 2. The van der Waals surface area contributed by atoms with Gasteiger partial charge in [0.25, 0.3) is 0 Å². The number of carboxylic acids is 1. The van der Waals surface area contributed by atoms with E-state index in [0.29, 0.717) is 6.42 Å². The number of benzene rings is 1. The molecule has 1 aliphatic carbocycles. The van der Waals surface area contributed by atoms with Gasteiger partial charge in [0.15, 0.2) is 0 Å². The first-order valence-electron chi connectivity index (χ1n) is 6.14. The Labute approximate surface area is 107 Å². The van der Waals surface area contributed by atoms with Crippen LogP contribution in [0.5, 0.6) is 5.75 Å². The molecular formula is C15H18O3. The molecular weight excluding hydrogens is 228 g/mol. The van der Waals surface area contributed by atoms with Gasteiger partial charge in [-0.3, -0.25) is 4.79 Å². The molecule has 1 N–H and O–H groups in total. The molecule has 0 bridgehead atoms. The largest absolute Gasteiger partial charge is 0.497 e. The van der Waals surface area contributed by atoms with Crippen LogP contribution < -0.4 is 4.74 Å². The van der Waals surface area contributed by atoms with Crippen LogP contribution in [0.2, 0.25) is 0 Å². The summed E-state index contributed by atoms with van der Waals surface area (Å²) in [5.74, 6) is 0.0526. The lowest BCUT2D eigenvalue weighted by atomic mass is 9.77. The van der Waals surface area contributed by atoms with E-state index < -0.39 is 11.4 Å². The Kier molecular flexibility index (Phi) is 3.16. The maximum Gasteiger partial charge on any atom is 0.313 e. The lowest BCUT2D eigenvalue weighted by molar-refractivity contribution is -0.144. The number of fused-ring (bicyclic) bond motifs is 1. The summed E-state index contributed by atoms with van der Waals surface area (Å²) >= 11 is 0. The van der Waals surface area contributed by atoms with Crippen molar-refractivity contribution in [1.29, 1.82) is 0 Å². The van der Waals surface area contributed by atoms with Crippen LogP contribution in [0.1, 0.15) is 31.4 Å². The topological polar surface area (TPSA) is 46.5 Å². The summed E-state index contributed by atoms with van der Waals surface area (Å²) in [4.78, 5) is 11.5. The molecule has 0 radical (unpaired) electrons. The molecule has 0 saturated heterocycles. The van der Waals surface area contributed by atoms with Gasteiger partial charge in [0.2, 0.25) is 0 Å². The monoisotopic (exact) mass is 246 g/mol. The maximum absolute atomic E-state index is 11.5. The van der Waals surface area contributed by atoms with E-state index in [1.807, 2.05) is 31.2 Å². The predicted molar refractivity (Wildman–Crippen MR) is 70.7 cm³/mol. The lowest BCUT2D eigenvalue weighted by Crippen LogP contribution is -2.27. The highest BCUT2D eigenvalue weighted by molar-refractivity contribution is 5.94. The molecule has 0 unspecified atom stereocenters. The number of carbonyl (C=O) groups is 1. The normalized spacial score (nSPS) is 16.7. The molecule has 1 atom stereocenters. The van der Waals surface area contributed by atoms with Gasteiger partial charge in [-0.25, -0.2) is 0 Å². The Morgan fingerprint density at radius 3 is 2.78 bits per heavy atom. The van der Waals surface area contributed by atoms with E-state index >= 15 is 0 Å². The Balaban J connectivity index is 2.45. The fraction of sp³-hybridized carbons (Fsp3) is 0.400. The Hall–Kier alpha value is -1.77. The van der Waals surface area contributed by atoms with Gasteiger partial charge in [-0.2, -0.15) is 0 Å². The standard InChI is InChI=1S/C15H18O3/c1-4-15(2,14(16)17)13-8-5-10-9-11(18-3)6-7-12(10)13/h6-9H,4-5H2,1-3H3,(H,16,17)/t15-/m0/s1. The highest BCUT2D eigenvalue weighted by atomic mass is 16.5. The minimum atomic E-state index is -0.806. The van der Waals surface area contributed by atoms with Crippen LogP contribution in [0, 0.1) is 5.41 Å². The average Bonchev–Trinajstić information content (AvgIpc) is 2.80. The van der Waals surface area contributed by atoms with Crippen LogP contribution in [-0.4, -0.2) is 18.2 Å². The lowest BCUT2D eigenvalue weighted by Gasteiger charge is -2.25. The van der Waals surface area contributed by atoms with Crippen molar-refractivity contribution in [2.45, 2.75) is 26.7 Å². The van der Waals surface area contributed by atoms with Gasteiger partial charge in [-0.15, -0.1) is 0 Å². The van der Waals surface area contributed by atoms with E-state index in [1.165, 1.54) is 0 Å². The van der Waals surface area contributed by atoms with Crippen molar-refractivity contribution < 1.29 is 14.6 Å². The van der Waals surface area contributed by atoms with E-state index in [-0.39, 0.29) is 0 Å². The predicted octanol–water partition coefficient (Wildman–Crippen LogP) is 3.14. The maximum atomic E-state index is 11.5. The third kappa shape index (κ3) is 1.80. The quantitative estimate of drug-likeness (QED) is 0.887. The molecule has 1 aliphatic rings. The zero-order valence-corrected chi connectivity index (χ0v) is 11.0. The minimum absolute atomic E-state index is 0.583. The third-order valence-electron chi connectivity index (χ3n) is 3.90. The molecule has 2 rings (SSSR count). The average molecular weight is 246 g/mol. The fourth-order valence-corrected chi connectivity index (χ4v) is 2.43. The molecule has 18 heavy (non-hydrogen) atoms. The fourth-order valence-electron chi connectivity index (χ4n) is 2.43. The van der Waals surface area contributed by atoms with Crippen molar-refractivity contribution in [3.05, 3.63) is 35.4 Å². The highest BCUT2D eigenvalue weighted by Crippen LogP contribution is 2.43. The van der Waals surface area contributed by atoms with Crippen LogP contribution in [0.3, 0.4) is 0 Å². The number of hydrogen-bond donors (Lipinski definition) is 1. The molecule has 0 fully saturated rings. The number of methoxy groups -OCH3 is 1. The van der Waals surface area contributed by atoms with E-state index in [2.05, 4.69) is 0 Å². The first kappa shape index (κ1) is 12.7. The van der Waals surface area contributed by atoms with E-state index in [4.69, 9.17) is 4.74 Å². The van der Waals surface area contributed by atoms with Crippen molar-refractivity contribution in [2.24, 2.45) is 5.41 Å². The van der Waals surface area contributed by atoms with Gasteiger partial charge in [-0.1, -0.05) is 19.1 Å². The number of carboxylic acid groups (broad SMARTS) is 1. The summed E-state index contributed by atoms with van der Waals surface area (Å²) in [6.45, 7) is 3.71. The first-order valence-corrected chi connectivity index (χ1v) is 6.14. The van der Waals surface area contributed by atoms with E-state index in [9.17, 15) is 9.90 Å². The van der Waals surface area contributed by atoms with Gasteiger partial charge in [0.05, 0.1) is 12.5 Å². The van der Waals surface area contributed by atoms with Gasteiger partial charge in [-0.05, 0) is 48.6 Å². The number of aliphatic carboxylic acids is 1. The number of rotatable bonds is 4. The minimum Gasteiger partial charge on any atom is -0.497 e. The first-order chi connectivity index (χ1) is 8.52. The summed E-state index contributed by atoms with van der Waals surface area (Å²) in [6.07, 6.45) is 3.39. The molecule has 0 spiro atoms. The second kappa shape index (κ2) is 4.48. The molecule has 1 aromatic rings. The van der Waals surface area contributed by atoms with Crippen molar-refractivity contribution >= 4 is 11.5 Å². The zero-order valence-electron chi connectivity index (χ0n) is 11.0. The summed E-state index contributed by atoms with van der Waals surface area (Å²) in [5.41, 5.74) is 2.31. The van der Waals surface area contributed by atoms with Crippen LogP contribution in [0.25, 0.3) is 5.57 Å².